The van der Waals surface area contributed by atoms with Crippen LogP contribution in [0.25, 0.3) is 0 Å². The first-order valence-electron chi connectivity index (χ1n) is 13.2. The van der Waals surface area contributed by atoms with E-state index in [1.807, 2.05) is 42.5 Å². The van der Waals surface area contributed by atoms with Gasteiger partial charge in [-0.05, 0) is 46.3 Å². The van der Waals surface area contributed by atoms with E-state index in [-0.39, 0.29) is 30.7 Å². The third-order valence-corrected chi connectivity index (χ3v) is 9.38. The molecule has 39 heavy (non-hydrogen) atoms. The fraction of sp³-hybridized carbons (Fsp3) is 0.414. The predicted molar refractivity (Wildman–Crippen MR) is 147 cm³/mol. The molecule has 0 radical (unpaired) electrons. The van der Waals surface area contributed by atoms with E-state index >= 15 is 0 Å². The molecule has 5 nitrogen and oxygen atoms in total. The molecule has 1 amide bonds. The van der Waals surface area contributed by atoms with Gasteiger partial charge < -0.3 is 14.0 Å². The highest BCUT2D eigenvalue weighted by Gasteiger charge is 2.47. The fourth-order valence-corrected chi connectivity index (χ4v) is 7.18. The zero-order chi connectivity index (χ0) is 27.4. The minimum atomic E-state index is -1.26. The molecule has 6 rings (SSSR count). The molecule has 1 aromatic heterocycles. The molecule has 2 bridgehead atoms. The molecular weight excluding hydrogens is 593 g/mol. The highest BCUT2D eigenvalue weighted by molar-refractivity contribution is 9.11. The molecule has 10 heteroatoms. The van der Waals surface area contributed by atoms with Crippen molar-refractivity contribution in [3.8, 4) is 5.75 Å². The molecule has 4 heterocycles. The van der Waals surface area contributed by atoms with Crippen LogP contribution in [0.1, 0.15) is 29.7 Å². The molecular formula is C29H31BrF3N2O3S+. The van der Waals surface area contributed by atoms with Crippen LogP contribution in [0.5, 0.6) is 5.75 Å². The quantitative estimate of drug-likeness (QED) is 0.137. The second-order valence-electron chi connectivity index (χ2n) is 10.4. The first-order chi connectivity index (χ1) is 18.8. The maximum absolute atomic E-state index is 14.5. The zero-order valence-electron chi connectivity index (χ0n) is 21.5. The van der Waals surface area contributed by atoms with Crippen LogP contribution in [0, 0.1) is 23.4 Å². The number of ether oxygens (including phenoxy) is 2. The Bertz CT molecular complexity index is 1280. The number of halogens is 4. The molecule has 0 unspecified atom stereocenters. The number of quaternary nitrogens is 1. The lowest BCUT2D eigenvalue weighted by atomic mass is 9.83. The van der Waals surface area contributed by atoms with E-state index in [2.05, 4.69) is 15.9 Å². The number of rotatable bonds is 10. The third-order valence-electron chi connectivity index (χ3n) is 7.77. The van der Waals surface area contributed by atoms with Gasteiger partial charge in [-0.3, -0.25) is 4.90 Å². The van der Waals surface area contributed by atoms with Gasteiger partial charge in [0.15, 0.2) is 17.7 Å². The third kappa shape index (κ3) is 6.96. The second kappa shape index (κ2) is 12.3. The van der Waals surface area contributed by atoms with Gasteiger partial charge in [-0.25, -0.2) is 18.0 Å². The maximum atomic E-state index is 14.5. The average Bonchev–Trinajstić information content (AvgIpc) is 3.35. The molecule has 3 aliphatic rings. The van der Waals surface area contributed by atoms with Crippen LogP contribution in [0.15, 0.2) is 58.4 Å². The largest absolute Gasteiger partial charge is 0.493 e. The molecule has 3 aliphatic heterocycles. The Balaban J connectivity index is 1.24. The van der Waals surface area contributed by atoms with Gasteiger partial charge in [0.05, 0.1) is 43.1 Å². The summed E-state index contributed by atoms with van der Waals surface area (Å²) in [5.74, 6) is -2.17. The number of fused-ring (bicyclic) bond motifs is 3. The van der Waals surface area contributed by atoms with E-state index in [1.54, 1.807) is 0 Å². The van der Waals surface area contributed by atoms with Gasteiger partial charge in [0, 0.05) is 41.7 Å². The van der Waals surface area contributed by atoms with Crippen LogP contribution in [0.2, 0.25) is 0 Å². The fourth-order valence-electron chi connectivity index (χ4n) is 5.68. The van der Waals surface area contributed by atoms with Crippen LogP contribution in [-0.2, 0) is 17.8 Å². The Morgan fingerprint density at radius 1 is 1.00 bits per heavy atom. The van der Waals surface area contributed by atoms with Crippen molar-refractivity contribution in [2.45, 2.75) is 38.5 Å². The number of hydrogen-bond acceptors (Lipinski definition) is 4. The summed E-state index contributed by atoms with van der Waals surface area (Å²) in [5.41, 5.74) is -0.0997. The second-order valence-corrected chi connectivity index (χ2v) is 12.9. The predicted octanol–water partition coefficient (Wildman–Crippen LogP) is 7.14. The minimum absolute atomic E-state index is 0.0997. The number of carbonyl (C=O) groups excluding carboxylic acids is 1. The minimum Gasteiger partial charge on any atom is -0.493 e. The molecule has 0 N–H and O–H groups in total. The van der Waals surface area contributed by atoms with Crippen molar-refractivity contribution in [3.63, 3.8) is 0 Å². The summed E-state index contributed by atoms with van der Waals surface area (Å²) in [6, 6.07) is 14.8. The number of hydrogen-bond donors (Lipinski definition) is 0. The van der Waals surface area contributed by atoms with Gasteiger partial charge in [0.2, 0.25) is 0 Å². The molecule has 2 aromatic carbocycles. The Morgan fingerprint density at radius 3 is 2.46 bits per heavy atom. The number of amides is 1. The lowest BCUT2D eigenvalue weighted by molar-refractivity contribution is -0.946. The first-order valence-corrected chi connectivity index (χ1v) is 14.8. The van der Waals surface area contributed by atoms with Crippen molar-refractivity contribution in [1.29, 1.82) is 0 Å². The number of para-hydroxylation sites is 1. The van der Waals surface area contributed by atoms with Crippen LogP contribution < -0.4 is 4.74 Å². The number of nitrogens with zero attached hydrogens (tertiary/aromatic N) is 2. The standard InChI is InChI=1S/C29H31BrF3N2O3S/c30-28-8-7-23(39-28)18-34(17-21-15-25(32)26(33)16-24(21)31)29(36)38-27-19-35(12-9-20(27)10-13-35)11-4-14-37-22-5-2-1-3-6-22/h1-3,5-8,15-16,20,27H,4,9-14,17-19H2/q+1/t20?,27-,35?/m0/s1. The average molecular weight is 625 g/mol. The molecule has 3 fully saturated rings. The number of thiophene rings is 1. The van der Waals surface area contributed by atoms with E-state index in [9.17, 15) is 18.0 Å². The monoisotopic (exact) mass is 623 g/mol. The van der Waals surface area contributed by atoms with Crippen molar-refractivity contribution < 1.29 is 31.9 Å². The summed E-state index contributed by atoms with van der Waals surface area (Å²) in [6.07, 6.45) is 2.03. The van der Waals surface area contributed by atoms with Crippen LogP contribution >= 0.6 is 27.3 Å². The van der Waals surface area contributed by atoms with E-state index in [1.165, 1.54) is 16.2 Å². The van der Waals surface area contributed by atoms with Crippen LogP contribution in [0.4, 0.5) is 18.0 Å². The molecule has 1 atom stereocenters. The SMILES string of the molecule is O=C(O[C@H]1C[N+]2(CCCOc3ccccc3)CCC1CC2)N(Cc1ccc(Br)s1)Cc1cc(F)c(F)cc1F. The van der Waals surface area contributed by atoms with Crippen molar-refractivity contribution in [3.05, 3.63) is 86.3 Å². The Hall–Kier alpha value is -2.56. The summed E-state index contributed by atoms with van der Waals surface area (Å²) in [6.45, 7) is 4.35. The van der Waals surface area contributed by atoms with Gasteiger partial charge in [0.25, 0.3) is 0 Å². The Labute approximate surface area is 238 Å². The molecule has 3 aromatic rings. The van der Waals surface area contributed by atoms with E-state index < -0.39 is 23.5 Å². The smallest absolute Gasteiger partial charge is 0.410 e. The summed E-state index contributed by atoms with van der Waals surface area (Å²) in [4.78, 5) is 15.7. The molecule has 0 aliphatic carbocycles. The number of carbonyl (C=O) groups is 1. The van der Waals surface area contributed by atoms with Gasteiger partial charge in [-0.2, -0.15) is 0 Å². The molecule has 0 saturated carbocycles. The van der Waals surface area contributed by atoms with Crippen molar-refractivity contribution >= 4 is 33.4 Å². The zero-order valence-corrected chi connectivity index (χ0v) is 23.9. The van der Waals surface area contributed by atoms with E-state index in [0.29, 0.717) is 12.7 Å². The lowest BCUT2D eigenvalue weighted by Gasteiger charge is -2.52. The molecule has 208 valence electrons. The van der Waals surface area contributed by atoms with E-state index in [4.69, 9.17) is 9.47 Å². The summed E-state index contributed by atoms with van der Waals surface area (Å²) < 4.78 is 55.6. The van der Waals surface area contributed by atoms with Gasteiger partial charge >= 0.3 is 6.09 Å². The van der Waals surface area contributed by atoms with Crippen molar-refractivity contribution in [2.75, 3.05) is 32.8 Å². The van der Waals surface area contributed by atoms with Gasteiger partial charge in [-0.1, -0.05) is 18.2 Å². The Morgan fingerprint density at radius 2 is 1.74 bits per heavy atom. The molecule has 3 saturated heterocycles. The summed E-state index contributed by atoms with van der Waals surface area (Å²) in [5, 5.41) is 0. The molecule has 0 spiro atoms. The highest BCUT2D eigenvalue weighted by Crippen LogP contribution is 2.36. The first kappa shape index (κ1) is 28.0. The lowest BCUT2D eigenvalue weighted by Crippen LogP contribution is -2.65. The van der Waals surface area contributed by atoms with Crippen molar-refractivity contribution in [2.24, 2.45) is 5.92 Å². The van der Waals surface area contributed by atoms with Gasteiger partial charge in [0.1, 0.15) is 18.1 Å². The van der Waals surface area contributed by atoms with Gasteiger partial charge in [-0.15, -0.1) is 11.3 Å². The Kier molecular flexibility index (Phi) is 8.83. The topological polar surface area (TPSA) is 38.8 Å². The van der Waals surface area contributed by atoms with E-state index in [0.717, 1.165) is 70.4 Å². The van der Waals surface area contributed by atoms with Crippen LogP contribution in [0.3, 0.4) is 0 Å². The summed E-state index contributed by atoms with van der Waals surface area (Å²) >= 11 is 4.87. The summed E-state index contributed by atoms with van der Waals surface area (Å²) in [7, 11) is 0. The normalized spacial score (nSPS) is 22.1. The van der Waals surface area contributed by atoms with Crippen molar-refractivity contribution in [1.82, 2.24) is 4.90 Å². The number of benzene rings is 2. The highest BCUT2D eigenvalue weighted by atomic mass is 79.9. The number of piperidine rings is 3. The van der Waals surface area contributed by atoms with Crippen LogP contribution in [-0.4, -0.2) is 54.4 Å². The maximum Gasteiger partial charge on any atom is 0.410 e.